The number of hydrazone groups is 1. The lowest BCUT2D eigenvalue weighted by Gasteiger charge is -2.07. The molecule has 21 heavy (non-hydrogen) atoms. The lowest BCUT2D eigenvalue weighted by Crippen LogP contribution is -2.22. The molecule has 0 aliphatic heterocycles. The quantitative estimate of drug-likeness (QED) is 0.682. The molecule has 0 unspecified atom stereocenters. The highest BCUT2D eigenvalue weighted by molar-refractivity contribution is 6.33. The van der Waals surface area contributed by atoms with Crippen molar-refractivity contribution < 1.29 is 9.90 Å². The van der Waals surface area contributed by atoms with E-state index in [1.54, 1.807) is 12.3 Å². The van der Waals surface area contributed by atoms with Crippen molar-refractivity contribution in [1.82, 2.24) is 0 Å². The van der Waals surface area contributed by atoms with Crippen molar-refractivity contribution in [2.45, 2.75) is 13.3 Å². The molecular formula is C16H14ClN2O2-. The Labute approximate surface area is 128 Å². The van der Waals surface area contributed by atoms with Crippen molar-refractivity contribution in [3.8, 4) is 0 Å². The maximum Gasteiger partial charge on any atom is 0.0731 e. The highest BCUT2D eigenvalue weighted by Gasteiger charge is 2.02. The number of benzene rings is 2. The zero-order chi connectivity index (χ0) is 15.2. The predicted octanol–water partition coefficient (Wildman–Crippen LogP) is 2.71. The van der Waals surface area contributed by atoms with Gasteiger partial charge in [0.05, 0.1) is 17.9 Å². The van der Waals surface area contributed by atoms with Gasteiger partial charge in [0.1, 0.15) is 0 Å². The van der Waals surface area contributed by atoms with E-state index in [2.05, 4.69) is 17.5 Å². The highest BCUT2D eigenvalue weighted by Crippen LogP contribution is 2.19. The highest BCUT2D eigenvalue weighted by atomic mass is 35.5. The van der Waals surface area contributed by atoms with Gasteiger partial charge in [-0.1, -0.05) is 42.8 Å². The number of carboxylic acid groups (broad SMARTS) is 1. The second-order valence-corrected chi connectivity index (χ2v) is 4.85. The maximum atomic E-state index is 10.9. The van der Waals surface area contributed by atoms with Crippen LogP contribution in [-0.4, -0.2) is 12.2 Å². The van der Waals surface area contributed by atoms with Crippen molar-refractivity contribution in [2.75, 3.05) is 5.43 Å². The summed E-state index contributed by atoms with van der Waals surface area (Å²) >= 11 is 5.76. The van der Waals surface area contributed by atoms with Gasteiger partial charge >= 0.3 is 0 Å². The first kappa shape index (κ1) is 15.1. The molecule has 108 valence electrons. The van der Waals surface area contributed by atoms with Gasteiger partial charge in [0.15, 0.2) is 0 Å². The van der Waals surface area contributed by atoms with E-state index in [0.717, 1.165) is 12.0 Å². The molecular weight excluding hydrogens is 288 g/mol. The number of rotatable bonds is 5. The van der Waals surface area contributed by atoms with E-state index in [1.807, 2.05) is 24.3 Å². The molecule has 0 aliphatic carbocycles. The SMILES string of the molecule is CCc1ccc(/C=N\Nc2ccc(Cl)c(C(=O)[O-])c2)cc1. The van der Waals surface area contributed by atoms with Crippen LogP contribution in [0.25, 0.3) is 0 Å². The third kappa shape index (κ3) is 4.07. The van der Waals surface area contributed by atoms with Crippen LogP contribution >= 0.6 is 11.6 Å². The number of carboxylic acids is 1. The lowest BCUT2D eigenvalue weighted by molar-refractivity contribution is -0.255. The third-order valence-corrected chi connectivity index (χ3v) is 3.31. The van der Waals surface area contributed by atoms with Crippen LogP contribution in [0, 0.1) is 0 Å². The van der Waals surface area contributed by atoms with Crippen molar-refractivity contribution >= 4 is 29.5 Å². The molecule has 4 nitrogen and oxygen atoms in total. The first-order chi connectivity index (χ1) is 10.1. The largest absolute Gasteiger partial charge is 0.545 e. The number of halogens is 1. The van der Waals surface area contributed by atoms with Gasteiger partial charge in [-0.05, 0) is 35.7 Å². The molecule has 0 bridgehead atoms. The van der Waals surface area contributed by atoms with Crippen LogP contribution in [0.2, 0.25) is 5.02 Å². The minimum Gasteiger partial charge on any atom is -0.545 e. The smallest absolute Gasteiger partial charge is 0.0731 e. The van der Waals surface area contributed by atoms with Crippen molar-refractivity contribution in [3.63, 3.8) is 0 Å². The topological polar surface area (TPSA) is 64.5 Å². The van der Waals surface area contributed by atoms with E-state index in [0.29, 0.717) is 5.69 Å². The minimum absolute atomic E-state index is 0.0656. The number of carbonyl (C=O) groups is 1. The fraction of sp³-hybridized carbons (Fsp3) is 0.125. The molecule has 1 N–H and O–H groups in total. The second-order valence-electron chi connectivity index (χ2n) is 4.45. The summed E-state index contributed by atoms with van der Waals surface area (Å²) in [5, 5.41) is 15.1. The predicted molar refractivity (Wildman–Crippen MR) is 82.8 cm³/mol. The van der Waals surface area contributed by atoms with Gasteiger partial charge in [0, 0.05) is 10.6 Å². The fourth-order valence-corrected chi connectivity index (χ4v) is 1.97. The Balaban J connectivity index is 2.06. The molecule has 0 saturated heterocycles. The summed E-state index contributed by atoms with van der Waals surface area (Å²) in [4.78, 5) is 10.9. The average molecular weight is 302 g/mol. The molecule has 5 heteroatoms. The van der Waals surface area contributed by atoms with Gasteiger partial charge in [-0.25, -0.2) is 0 Å². The van der Waals surface area contributed by atoms with Gasteiger partial charge in [0.25, 0.3) is 0 Å². The van der Waals surface area contributed by atoms with E-state index in [9.17, 15) is 9.90 Å². The molecule has 0 radical (unpaired) electrons. The molecule has 2 aromatic rings. The van der Waals surface area contributed by atoms with Gasteiger partial charge in [-0.2, -0.15) is 5.10 Å². The van der Waals surface area contributed by atoms with Gasteiger partial charge in [0.2, 0.25) is 0 Å². The monoisotopic (exact) mass is 301 g/mol. The van der Waals surface area contributed by atoms with Crippen LogP contribution in [0.5, 0.6) is 0 Å². The van der Waals surface area contributed by atoms with Crippen LogP contribution < -0.4 is 10.5 Å². The third-order valence-electron chi connectivity index (χ3n) is 2.98. The van der Waals surface area contributed by atoms with Gasteiger partial charge in [-0.3, -0.25) is 5.43 Å². The van der Waals surface area contributed by atoms with E-state index < -0.39 is 5.97 Å². The number of aromatic carboxylic acids is 1. The average Bonchev–Trinajstić information content (AvgIpc) is 2.49. The summed E-state index contributed by atoms with van der Waals surface area (Å²) in [7, 11) is 0. The summed E-state index contributed by atoms with van der Waals surface area (Å²) < 4.78 is 0. The normalized spacial score (nSPS) is 10.8. The molecule has 0 saturated carbocycles. The molecule has 0 aromatic heterocycles. The van der Waals surface area contributed by atoms with Crippen LogP contribution in [0.3, 0.4) is 0 Å². The minimum atomic E-state index is -1.32. The fourth-order valence-electron chi connectivity index (χ4n) is 1.77. The molecule has 2 rings (SSSR count). The van der Waals surface area contributed by atoms with E-state index >= 15 is 0 Å². The van der Waals surface area contributed by atoms with Crippen LogP contribution in [-0.2, 0) is 6.42 Å². The first-order valence-corrected chi connectivity index (χ1v) is 6.87. The Hall–Kier alpha value is -2.33. The van der Waals surface area contributed by atoms with Gasteiger partial charge < -0.3 is 9.90 Å². The number of hydrogen-bond donors (Lipinski definition) is 1. The molecule has 0 atom stereocenters. The van der Waals surface area contributed by atoms with E-state index in [-0.39, 0.29) is 10.6 Å². The zero-order valence-electron chi connectivity index (χ0n) is 11.5. The lowest BCUT2D eigenvalue weighted by atomic mass is 10.1. The Kier molecular flexibility index (Phi) is 4.95. The summed E-state index contributed by atoms with van der Waals surface area (Å²) in [6.45, 7) is 2.10. The summed E-state index contributed by atoms with van der Waals surface area (Å²) in [5.41, 5.74) is 5.44. The summed E-state index contributed by atoms with van der Waals surface area (Å²) in [6, 6.07) is 12.5. The Morgan fingerprint density at radius 3 is 2.62 bits per heavy atom. The summed E-state index contributed by atoms with van der Waals surface area (Å²) in [6.07, 6.45) is 2.65. The molecule has 0 heterocycles. The number of nitrogens with zero attached hydrogens (tertiary/aromatic N) is 1. The Morgan fingerprint density at radius 2 is 2.00 bits per heavy atom. The molecule has 0 aliphatic rings. The number of anilines is 1. The van der Waals surface area contributed by atoms with Crippen molar-refractivity contribution in [3.05, 3.63) is 64.2 Å². The Bertz CT molecular complexity index is 666. The summed E-state index contributed by atoms with van der Waals surface area (Å²) in [5.74, 6) is -1.32. The standard InChI is InChI=1S/C16H15ClN2O2/c1-2-11-3-5-12(6-4-11)10-18-19-13-7-8-15(17)14(9-13)16(20)21/h3-10,19H,2H2,1H3,(H,20,21)/p-1/b18-10-. The van der Waals surface area contributed by atoms with Crippen molar-refractivity contribution in [1.29, 1.82) is 0 Å². The van der Waals surface area contributed by atoms with E-state index in [1.165, 1.54) is 17.7 Å². The molecule has 2 aromatic carbocycles. The zero-order valence-corrected chi connectivity index (χ0v) is 12.2. The first-order valence-electron chi connectivity index (χ1n) is 6.49. The molecule has 0 fully saturated rings. The maximum absolute atomic E-state index is 10.9. The molecule has 0 spiro atoms. The number of carbonyl (C=O) groups excluding carboxylic acids is 1. The van der Waals surface area contributed by atoms with Crippen molar-refractivity contribution in [2.24, 2.45) is 5.10 Å². The second kappa shape index (κ2) is 6.90. The number of hydrogen-bond acceptors (Lipinski definition) is 4. The van der Waals surface area contributed by atoms with Crippen LogP contribution in [0.1, 0.15) is 28.4 Å². The van der Waals surface area contributed by atoms with Crippen LogP contribution in [0.4, 0.5) is 5.69 Å². The van der Waals surface area contributed by atoms with Gasteiger partial charge in [-0.15, -0.1) is 0 Å². The number of nitrogens with one attached hydrogen (secondary N) is 1. The van der Waals surface area contributed by atoms with Crippen LogP contribution in [0.15, 0.2) is 47.6 Å². The van der Waals surface area contributed by atoms with E-state index in [4.69, 9.17) is 11.6 Å². The Morgan fingerprint density at radius 1 is 1.29 bits per heavy atom. The molecule has 0 amide bonds. The number of aryl methyl sites for hydroxylation is 1.